The van der Waals surface area contributed by atoms with Crippen LogP contribution in [0.3, 0.4) is 0 Å². The quantitative estimate of drug-likeness (QED) is 0.103. The molecule has 27 heteroatoms. The van der Waals surface area contributed by atoms with Gasteiger partial charge >= 0.3 is 55.8 Å². The Morgan fingerprint density at radius 3 is 1.39 bits per heavy atom. The van der Waals surface area contributed by atoms with Crippen molar-refractivity contribution in [3.63, 3.8) is 0 Å². The fourth-order valence-corrected chi connectivity index (χ4v) is 6.50. The summed E-state index contributed by atoms with van der Waals surface area (Å²) in [7, 11) is -6.97. The van der Waals surface area contributed by atoms with E-state index in [0.29, 0.717) is 6.92 Å². The highest BCUT2D eigenvalue weighted by atomic mass is 32.2. The normalized spacial score (nSPS) is 16.3. The number of aliphatic hydroxyl groups excluding tert-OH is 1. The van der Waals surface area contributed by atoms with Crippen molar-refractivity contribution in [1.29, 1.82) is 0 Å². The smallest absolute Gasteiger partial charge is 0.389 e. The summed E-state index contributed by atoms with van der Waals surface area (Å²) in [5.41, 5.74) is 0. The Kier molecular flexibility index (Phi) is 13.9. The molecule has 0 aromatic heterocycles. The maximum Gasteiger partial charge on any atom is 0.500 e. The Morgan fingerprint density at radius 2 is 1.04 bits per heavy atom. The summed E-state index contributed by atoms with van der Waals surface area (Å²) in [6.45, 7) is -4.10. The lowest BCUT2D eigenvalue weighted by Gasteiger charge is -2.43. The van der Waals surface area contributed by atoms with Crippen LogP contribution in [0.2, 0.25) is 6.04 Å². The van der Waals surface area contributed by atoms with E-state index in [9.17, 15) is 88.2 Å². The first-order valence-electron chi connectivity index (χ1n) is 11.9. The number of ether oxygens (including phenoxy) is 1. The Morgan fingerprint density at radius 1 is 0.674 bits per heavy atom. The molecule has 0 aliphatic rings. The Balaban J connectivity index is 6.27. The number of aliphatic hydroxyl groups is 1. The second-order valence-electron chi connectivity index (χ2n) is 9.04. The molecule has 1 atom stereocenters. The summed E-state index contributed by atoms with van der Waals surface area (Å²) in [6.07, 6.45) is -10.2. The fourth-order valence-electron chi connectivity index (χ4n) is 3.32. The largest absolute Gasteiger partial charge is 0.500 e. The van der Waals surface area contributed by atoms with E-state index in [1.165, 1.54) is 21.3 Å². The number of rotatable bonds is 20. The highest BCUT2D eigenvalue weighted by molar-refractivity contribution is 7.90. The molecule has 0 rings (SSSR count). The summed E-state index contributed by atoms with van der Waals surface area (Å²) in [4.78, 5) is 0. The highest BCUT2D eigenvalue weighted by Gasteiger charge is 2.96. The van der Waals surface area contributed by atoms with Crippen LogP contribution >= 0.6 is 0 Å². The van der Waals surface area contributed by atoms with E-state index in [-0.39, 0.29) is 19.1 Å². The van der Waals surface area contributed by atoms with Crippen molar-refractivity contribution in [3.05, 3.63) is 0 Å². The third kappa shape index (κ3) is 7.34. The number of alkyl halides is 17. The van der Waals surface area contributed by atoms with Gasteiger partial charge in [-0.05, 0) is 6.42 Å². The summed E-state index contributed by atoms with van der Waals surface area (Å²) in [5.74, 6) is -52.1. The zero-order valence-corrected chi connectivity index (χ0v) is 25.3. The van der Waals surface area contributed by atoms with Crippen LogP contribution < -0.4 is 0 Å². The van der Waals surface area contributed by atoms with Gasteiger partial charge in [-0.15, -0.1) is 0 Å². The molecule has 0 radical (unpaired) electrons. The van der Waals surface area contributed by atoms with E-state index < -0.39 is 95.9 Å². The van der Waals surface area contributed by atoms with Gasteiger partial charge in [-0.2, -0.15) is 78.9 Å². The average Bonchev–Trinajstić information content (AvgIpc) is 2.92. The number of hydrogen-bond donors (Lipinski definition) is 1. The number of nitrogens with zero attached hydrogens (tertiary/aromatic N) is 1. The van der Waals surface area contributed by atoms with Crippen LogP contribution in [-0.4, -0.2) is 127 Å². The molecular weight excluding hydrogens is 737 g/mol. The highest BCUT2D eigenvalue weighted by Crippen LogP contribution is 2.64. The van der Waals surface area contributed by atoms with Crippen LogP contribution in [0.4, 0.5) is 74.6 Å². The molecular formula is C19H26F17NO7SSi. The van der Waals surface area contributed by atoms with Gasteiger partial charge in [-0.3, -0.25) is 0 Å². The van der Waals surface area contributed by atoms with Gasteiger partial charge in [0.1, 0.15) is 0 Å². The monoisotopic (exact) mass is 763 g/mol. The van der Waals surface area contributed by atoms with Crippen molar-refractivity contribution in [1.82, 2.24) is 4.31 Å². The molecule has 0 bridgehead atoms. The Bertz CT molecular complexity index is 1100. The molecule has 0 aromatic carbocycles. The fraction of sp³-hybridized carbons (Fsp3) is 1.00. The van der Waals surface area contributed by atoms with Crippen LogP contribution in [0.25, 0.3) is 0 Å². The molecule has 278 valence electrons. The molecule has 46 heavy (non-hydrogen) atoms. The van der Waals surface area contributed by atoms with Crippen LogP contribution in [0, 0.1) is 0 Å². The standard InChI is InChI=1S/C19H26F17NO7SSi/c1-5-37(9-11(38)10-44-7-6-8-46(41-2,42-3)43-4)45(39,40)19(35,36)17(30,31)15(26,27)13(22,23)12(20,21)14(24,25)16(28,29)18(32,33)34/h11,38H,5-10H2,1-4H3. The summed E-state index contributed by atoms with van der Waals surface area (Å²) < 4.78 is 273. The van der Waals surface area contributed by atoms with Crippen LogP contribution in [-0.2, 0) is 28.0 Å². The zero-order valence-electron chi connectivity index (χ0n) is 23.5. The second kappa shape index (κ2) is 14.3. The lowest BCUT2D eigenvalue weighted by atomic mass is 9.91. The van der Waals surface area contributed by atoms with Gasteiger partial charge in [-0.1, -0.05) is 6.92 Å². The molecule has 0 fully saturated rings. The van der Waals surface area contributed by atoms with Crippen molar-refractivity contribution in [2.45, 2.75) is 72.5 Å². The Labute approximate surface area is 250 Å². The van der Waals surface area contributed by atoms with Gasteiger partial charge in [0.25, 0.3) is 10.0 Å². The summed E-state index contributed by atoms with van der Waals surface area (Å²) in [6, 6.07) is 0.0705. The van der Waals surface area contributed by atoms with Crippen molar-refractivity contribution in [2.75, 3.05) is 47.6 Å². The Hall–Kier alpha value is -1.26. The average molecular weight is 764 g/mol. The van der Waals surface area contributed by atoms with E-state index in [1.54, 1.807) is 0 Å². The predicted molar refractivity (Wildman–Crippen MR) is 120 cm³/mol. The van der Waals surface area contributed by atoms with E-state index in [0.717, 1.165) is 0 Å². The second-order valence-corrected chi connectivity index (χ2v) is 14.1. The van der Waals surface area contributed by atoms with Gasteiger partial charge < -0.3 is 23.1 Å². The molecule has 8 nitrogen and oxygen atoms in total. The summed E-state index contributed by atoms with van der Waals surface area (Å²) >= 11 is 0. The van der Waals surface area contributed by atoms with Crippen molar-refractivity contribution < 1.29 is 106 Å². The minimum Gasteiger partial charge on any atom is -0.389 e. The van der Waals surface area contributed by atoms with Crippen LogP contribution in [0.15, 0.2) is 0 Å². The molecule has 1 N–H and O–H groups in total. The molecule has 0 aromatic rings. The lowest BCUT2D eigenvalue weighted by Crippen LogP contribution is -2.75. The van der Waals surface area contributed by atoms with Gasteiger partial charge in [0.15, 0.2) is 0 Å². The molecule has 0 amide bonds. The van der Waals surface area contributed by atoms with Crippen LogP contribution in [0.1, 0.15) is 13.3 Å². The van der Waals surface area contributed by atoms with E-state index >= 15 is 0 Å². The molecule has 0 aliphatic carbocycles. The van der Waals surface area contributed by atoms with Crippen molar-refractivity contribution in [2.24, 2.45) is 0 Å². The van der Waals surface area contributed by atoms with Gasteiger partial charge in [0.2, 0.25) is 0 Å². The number of hydrogen-bond acceptors (Lipinski definition) is 7. The first-order valence-corrected chi connectivity index (χ1v) is 15.2. The van der Waals surface area contributed by atoms with Crippen molar-refractivity contribution >= 4 is 18.8 Å². The zero-order chi connectivity index (χ0) is 37.2. The number of halogens is 17. The number of sulfonamides is 1. The van der Waals surface area contributed by atoms with E-state index in [1.807, 2.05) is 0 Å². The molecule has 0 saturated heterocycles. The first-order chi connectivity index (χ1) is 20.2. The lowest BCUT2D eigenvalue weighted by molar-refractivity contribution is -0.458. The minimum atomic E-state index is -8.93. The third-order valence-corrected chi connectivity index (χ3v) is 11.0. The predicted octanol–water partition coefficient (Wildman–Crippen LogP) is 5.25. The van der Waals surface area contributed by atoms with Gasteiger partial charge in [0.05, 0.1) is 12.7 Å². The van der Waals surface area contributed by atoms with E-state index in [4.69, 9.17) is 18.0 Å². The summed E-state index contributed by atoms with van der Waals surface area (Å²) in [5, 5.41) is 2.15. The minimum absolute atomic E-state index is 0.0381. The first kappa shape index (κ1) is 44.7. The third-order valence-electron chi connectivity index (χ3n) is 6.14. The van der Waals surface area contributed by atoms with Crippen LogP contribution in [0.5, 0.6) is 0 Å². The maximum absolute atomic E-state index is 14.5. The maximum atomic E-state index is 14.5. The molecule has 0 saturated carbocycles. The number of likely N-dealkylation sites (N-methyl/N-ethyl adjacent to an activating group) is 1. The molecule has 0 heterocycles. The SMILES string of the molecule is CCN(CC(O)COCCC[Si](OC)(OC)OC)S(=O)(=O)C(F)(F)C(F)(F)C(F)(F)C(F)(F)C(F)(F)C(F)(F)C(F)(F)C(F)(F)F. The van der Waals surface area contributed by atoms with Gasteiger partial charge in [0, 0.05) is 47.1 Å². The van der Waals surface area contributed by atoms with Crippen molar-refractivity contribution in [3.8, 4) is 0 Å². The molecule has 0 aliphatic heterocycles. The molecule has 0 spiro atoms. The molecule has 1 unspecified atom stereocenters. The van der Waals surface area contributed by atoms with Gasteiger partial charge in [-0.25, -0.2) is 8.42 Å². The van der Waals surface area contributed by atoms with E-state index in [2.05, 4.69) is 0 Å². The topological polar surface area (TPSA) is 94.5 Å².